The van der Waals surface area contributed by atoms with E-state index in [0.717, 1.165) is 62.6 Å². The van der Waals surface area contributed by atoms with Crippen molar-refractivity contribution in [1.82, 2.24) is 24.8 Å². The lowest BCUT2D eigenvalue weighted by Gasteiger charge is -2.51. The number of carbonyl (C=O) groups is 2. The molecule has 3 aliphatic carbocycles. The number of hydrogen-bond acceptors (Lipinski definition) is 8. The summed E-state index contributed by atoms with van der Waals surface area (Å²) >= 11 is 0. The van der Waals surface area contributed by atoms with Crippen LogP contribution < -0.4 is 10.6 Å². The predicted octanol–water partition coefficient (Wildman–Crippen LogP) is 2.89. The summed E-state index contributed by atoms with van der Waals surface area (Å²) in [7, 11) is 0. The number of ether oxygens (including phenoxy) is 1. The van der Waals surface area contributed by atoms with Gasteiger partial charge in [-0.1, -0.05) is 0 Å². The lowest BCUT2D eigenvalue weighted by Crippen LogP contribution is -2.54. The number of nitrogens with zero attached hydrogens (tertiary/aromatic N) is 5. The molecule has 4 heterocycles. The Morgan fingerprint density at radius 3 is 2.49 bits per heavy atom. The quantitative estimate of drug-likeness (QED) is 0.420. The first kappa shape index (κ1) is 27.2. The number of aromatic nitrogens is 3. The Morgan fingerprint density at radius 2 is 1.78 bits per heavy atom. The number of hydrogen-bond donors (Lipinski definition) is 3. The van der Waals surface area contributed by atoms with Gasteiger partial charge in [-0.3, -0.25) is 14.6 Å². The largest absolute Gasteiger partial charge is 0.390 e. The molecule has 11 heteroatoms. The van der Waals surface area contributed by atoms with Gasteiger partial charge in [0.05, 0.1) is 52.1 Å². The van der Waals surface area contributed by atoms with Crippen molar-refractivity contribution in [2.75, 3.05) is 38.2 Å². The van der Waals surface area contributed by atoms with Gasteiger partial charge in [-0.25, -0.2) is 4.52 Å². The highest BCUT2D eigenvalue weighted by Crippen LogP contribution is 2.48. The van der Waals surface area contributed by atoms with Crippen LogP contribution >= 0.6 is 0 Å². The average Bonchev–Trinajstić information content (AvgIpc) is 3.40. The zero-order chi connectivity index (χ0) is 28.5. The van der Waals surface area contributed by atoms with Gasteiger partial charge in [0, 0.05) is 38.0 Å². The molecule has 0 aromatic carbocycles. The molecular weight excluding hydrogens is 522 g/mol. The van der Waals surface area contributed by atoms with Gasteiger partial charge < -0.3 is 25.4 Å². The molecule has 0 radical (unpaired) electrons. The number of pyridine rings is 1. The Kier molecular flexibility index (Phi) is 7.36. The molecule has 11 nitrogen and oxygen atoms in total. The second-order valence-electron chi connectivity index (χ2n) is 11.5. The molecular formula is C30H35N7O4. The van der Waals surface area contributed by atoms with Crippen LogP contribution in [0, 0.1) is 11.3 Å². The third-order valence-corrected chi connectivity index (χ3v) is 8.83. The average molecular weight is 558 g/mol. The molecule has 1 saturated heterocycles. The zero-order valence-corrected chi connectivity index (χ0v) is 23.1. The van der Waals surface area contributed by atoms with Crippen molar-refractivity contribution in [3.8, 4) is 17.5 Å². The molecule has 0 unspecified atom stereocenters. The van der Waals surface area contributed by atoms with E-state index in [1.54, 1.807) is 21.7 Å². The van der Waals surface area contributed by atoms with Crippen molar-refractivity contribution in [2.24, 2.45) is 0 Å². The van der Waals surface area contributed by atoms with Crippen molar-refractivity contribution >= 4 is 23.0 Å². The molecule has 7 rings (SSSR count). The Hall–Kier alpha value is -4.01. The number of nitrogens with one attached hydrogen (secondary N) is 2. The summed E-state index contributed by atoms with van der Waals surface area (Å²) in [6.07, 6.45) is 9.22. The highest BCUT2D eigenvalue weighted by atomic mass is 16.5. The second kappa shape index (κ2) is 11.1. The van der Waals surface area contributed by atoms with Gasteiger partial charge in [-0.15, -0.1) is 0 Å². The summed E-state index contributed by atoms with van der Waals surface area (Å²) < 4.78 is 7.20. The maximum absolute atomic E-state index is 13.5. The van der Waals surface area contributed by atoms with Gasteiger partial charge in [-0.2, -0.15) is 10.4 Å². The first-order chi connectivity index (χ1) is 19.9. The van der Waals surface area contributed by atoms with E-state index < -0.39 is 5.60 Å². The molecule has 4 aliphatic rings. The minimum absolute atomic E-state index is 0.0897. The molecule has 3 aromatic rings. The van der Waals surface area contributed by atoms with Crippen LogP contribution in [-0.4, -0.2) is 80.4 Å². The van der Waals surface area contributed by atoms with Crippen LogP contribution in [0.2, 0.25) is 0 Å². The third-order valence-electron chi connectivity index (χ3n) is 8.83. The summed E-state index contributed by atoms with van der Waals surface area (Å²) in [5, 5.41) is 30.9. The van der Waals surface area contributed by atoms with Crippen LogP contribution in [0.1, 0.15) is 67.3 Å². The highest BCUT2D eigenvalue weighted by molar-refractivity contribution is 6.01. The Labute approximate surface area is 238 Å². The molecule has 3 N–H and O–H groups in total. The topological polar surface area (TPSA) is 145 Å². The minimum atomic E-state index is -0.579. The molecule has 4 fully saturated rings. The lowest BCUT2D eigenvalue weighted by atomic mass is 9.63. The fourth-order valence-corrected chi connectivity index (χ4v) is 6.31. The summed E-state index contributed by atoms with van der Waals surface area (Å²) in [5.41, 5.74) is 2.80. The number of aliphatic hydroxyl groups is 1. The molecule has 3 aromatic heterocycles. The predicted molar refractivity (Wildman–Crippen MR) is 151 cm³/mol. The van der Waals surface area contributed by atoms with Gasteiger partial charge in [0.1, 0.15) is 6.07 Å². The van der Waals surface area contributed by atoms with Crippen LogP contribution in [0.15, 0.2) is 36.7 Å². The van der Waals surface area contributed by atoms with Crippen LogP contribution in [-0.2, 0) is 9.53 Å². The molecule has 2 amide bonds. The van der Waals surface area contributed by atoms with E-state index in [1.165, 1.54) is 6.20 Å². The van der Waals surface area contributed by atoms with Gasteiger partial charge >= 0.3 is 0 Å². The molecule has 3 saturated carbocycles. The van der Waals surface area contributed by atoms with E-state index in [1.807, 2.05) is 18.2 Å². The fourth-order valence-electron chi connectivity index (χ4n) is 6.31. The molecule has 1 aliphatic heterocycles. The van der Waals surface area contributed by atoms with E-state index in [4.69, 9.17) is 4.74 Å². The molecule has 214 valence electrons. The third kappa shape index (κ3) is 5.62. The molecule has 0 spiro atoms. The molecule has 2 bridgehead atoms. The summed E-state index contributed by atoms with van der Waals surface area (Å²) in [6.45, 7) is 2.40. The maximum Gasteiger partial charge on any atom is 0.255 e. The van der Waals surface area contributed by atoms with E-state index in [9.17, 15) is 20.0 Å². The lowest BCUT2D eigenvalue weighted by molar-refractivity contribution is -0.131. The number of fused-ring (bicyclic) bond motifs is 4. The summed E-state index contributed by atoms with van der Waals surface area (Å²) in [6, 6.07) is 9.50. The van der Waals surface area contributed by atoms with E-state index in [2.05, 4.69) is 26.8 Å². The maximum atomic E-state index is 13.5. The first-order valence-corrected chi connectivity index (χ1v) is 14.4. The van der Waals surface area contributed by atoms with Gasteiger partial charge in [0.2, 0.25) is 5.91 Å². The van der Waals surface area contributed by atoms with E-state index >= 15 is 0 Å². The Bertz CT molecular complexity index is 1480. The van der Waals surface area contributed by atoms with Crippen molar-refractivity contribution in [3.63, 3.8) is 0 Å². The number of nitriles is 1. The van der Waals surface area contributed by atoms with Gasteiger partial charge in [-0.05, 0) is 75.6 Å². The SMILES string of the molecule is N#Cc1cnn2c(-c3cc(NC45CCC(O)(CC4)CC5)c(C(=O)NCC(=O)N4CCCOCCC4)cn3)ccc2c1. The number of carbonyl (C=O) groups excluding carboxylic acids is 2. The number of rotatable bonds is 6. The van der Waals surface area contributed by atoms with Crippen LogP contribution in [0.4, 0.5) is 5.69 Å². The minimum Gasteiger partial charge on any atom is -0.390 e. The van der Waals surface area contributed by atoms with Crippen molar-refractivity contribution in [2.45, 2.75) is 62.5 Å². The normalized spacial score (nSPS) is 24.3. The van der Waals surface area contributed by atoms with Crippen molar-refractivity contribution in [3.05, 3.63) is 47.8 Å². The van der Waals surface area contributed by atoms with E-state index in [-0.39, 0.29) is 23.9 Å². The van der Waals surface area contributed by atoms with Crippen LogP contribution in [0.25, 0.3) is 16.9 Å². The fraction of sp³-hybridized carbons (Fsp3) is 0.500. The summed E-state index contributed by atoms with van der Waals surface area (Å²) in [4.78, 5) is 32.8. The number of amides is 2. The highest BCUT2D eigenvalue weighted by Gasteiger charge is 2.48. The van der Waals surface area contributed by atoms with Crippen LogP contribution in [0.5, 0.6) is 0 Å². The second-order valence-corrected chi connectivity index (χ2v) is 11.5. The molecule has 41 heavy (non-hydrogen) atoms. The van der Waals surface area contributed by atoms with Crippen molar-refractivity contribution in [1.29, 1.82) is 5.26 Å². The van der Waals surface area contributed by atoms with Crippen molar-refractivity contribution < 1.29 is 19.4 Å². The van der Waals surface area contributed by atoms with Gasteiger partial charge in [0.15, 0.2) is 0 Å². The first-order valence-electron chi connectivity index (χ1n) is 14.4. The smallest absolute Gasteiger partial charge is 0.255 e. The number of anilines is 1. The van der Waals surface area contributed by atoms with Gasteiger partial charge in [0.25, 0.3) is 5.91 Å². The molecule has 0 atom stereocenters. The zero-order valence-electron chi connectivity index (χ0n) is 23.1. The monoisotopic (exact) mass is 557 g/mol. The summed E-state index contributed by atoms with van der Waals surface area (Å²) in [5.74, 6) is -0.481. The van der Waals surface area contributed by atoms with Crippen LogP contribution in [0.3, 0.4) is 0 Å². The standard InChI is InChI=1S/C30H35N7O4/c31-17-21-15-22-3-4-26(37(22)34-18-21)25-16-24(35-29-5-8-30(40,9-6-29)10-7-29)23(19-32-25)28(39)33-20-27(38)36-11-1-13-41-14-2-12-36/h3-4,15-16,18-19,40H,1-2,5-14,20H2,(H,32,35)(H,33,39). The Morgan fingerprint density at radius 1 is 1.05 bits per heavy atom. The Balaban J connectivity index is 1.27. The van der Waals surface area contributed by atoms with E-state index in [0.29, 0.717) is 48.8 Å².